The Hall–Kier alpha value is -1.45. The zero-order chi connectivity index (χ0) is 13.1. The van der Waals surface area contributed by atoms with E-state index in [2.05, 4.69) is 5.32 Å². The third-order valence-corrected chi connectivity index (χ3v) is 3.18. The van der Waals surface area contributed by atoms with Crippen LogP contribution < -0.4 is 5.32 Å². The average Bonchev–Trinajstić information content (AvgIpc) is 2.37. The van der Waals surface area contributed by atoms with E-state index in [9.17, 15) is 8.78 Å². The molecule has 0 aliphatic heterocycles. The summed E-state index contributed by atoms with van der Waals surface area (Å²) in [7, 11) is 1.75. The number of hydrogen-bond donors (Lipinski definition) is 1. The summed E-state index contributed by atoms with van der Waals surface area (Å²) in [6.45, 7) is 0. The molecule has 2 aromatic carbocycles. The molecule has 2 aromatic rings. The summed E-state index contributed by atoms with van der Waals surface area (Å²) < 4.78 is 26.3. The van der Waals surface area contributed by atoms with E-state index < -0.39 is 5.82 Å². The monoisotopic (exact) mass is 267 g/mol. The first-order chi connectivity index (χ1) is 8.63. The number of hydrogen-bond acceptors (Lipinski definition) is 1. The van der Waals surface area contributed by atoms with Gasteiger partial charge in [0.1, 0.15) is 11.6 Å². The van der Waals surface area contributed by atoms with E-state index >= 15 is 0 Å². The third kappa shape index (κ3) is 2.52. The van der Waals surface area contributed by atoms with E-state index in [1.807, 2.05) is 0 Å². The predicted octanol–water partition coefficient (Wildman–Crippen LogP) is 3.93. The molecule has 1 atom stereocenters. The van der Waals surface area contributed by atoms with Gasteiger partial charge >= 0.3 is 0 Å². The summed E-state index contributed by atoms with van der Waals surface area (Å²) in [5, 5.41) is 3.13. The average molecular weight is 268 g/mol. The molecule has 1 nitrogen and oxygen atoms in total. The highest BCUT2D eigenvalue weighted by Gasteiger charge is 2.17. The van der Waals surface area contributed by atoms with Crippen molar-refractivity contribution in [1.82, 2.24) is 5.32 Å². The number of rotatable bonds is 3. The molecule has 0 aromatic heterocycles. The lowest BCUT2D eigenvalue weighted by atomic mass is 9.98. The fourth-order valence-electron chi connectivity index (χ4n) is 1.90. The number of benzene rings is 2. The van der Waals surface area contributed by atoms with Gasteiger partial charge in [-0.2, -0.15) is 0 Å². The van der Waals surface area contributed by atoms with E-state index in [1.54, 1.807) is 31.3 Å². The molecule has 0 radical (unpaired) electrons. The van der Waals surface area contributed by atoms with Gasteiger partial charge in [-0.3, -0.25) is 0 Å². The standard InChI is InChI=1S/C14H12ClF2N/c1-18-14(9-5-7-10(16)8-6-9)11-3-2-4-12(17)13(11)15/h2-8,14,18H,1H3. The lowest BCUT2D eigenvalue weighted by Gasteiger charge is -2.18. The first kappa shape index (κ1) is 13.0. The predicted molar refractivity (Wildman–Crippen MR) is 68.7 cm³/mol. The molecule has 0 bridgehead atoms. The van der Waals surface area contributed by atoms with Crippen molar-refractivity contribution in [1.29, 1.82) is 0 Å². The van der Waals surface area contributed by atoms with Crippen molar-refractivity contribution < 1.29 is 8.78 Å². The fraction of sp³-hybridized carbons (Fsp3) is 0.143. The lowest BCUT2D eigenvalue weighted by molar-refractivity contribution is 0.613. The molecule has 0 saturated carbocycles. The Morgan fingerprint density at radius 1 is 1.06 bits per heavy atom. The summed E-state index contributed by atoms with van der Waals surface area (Å²) >= 11 is 5.96. The van der Waals surface area contributed by atoms with Gasteiger partial charge in [0, 0.05) is 0 Å². The largest absolute Gasteiger partial charge is 0.309 e. The maximum absolute atomic E-state index is 13.4. The van der Waals surface area contributed by atoms with Crippen LogP contribution in [-0.4, -0.2) is 7.05 Å². The maximum atomic E-state index is 13.4. The third-order valence-electron chi connectivity index (χ3n) is 2.78. The molecular formula is C14H12ClF2N. The summed E-state index contributed by atoms with van der Waals surface area (Å²) in [5.41, 5.74) is 1.46. The van der Waals surface area contributed by atoms with Crippen molar-refractivity contribution in [2.24, 2.45) is 0 Å². The molecule has 94 valence electrons. The van der Waals surface area contributed by atoms with Crippen molar-refractivity contribution >= 4 is 11.6 Å². The van der Waals surface area contributed by atoms with Gasteiger partial charge in [0.05, 0.1) is 11.1 Å². The van der Waals surface area contributed by atoms with Gasteiger partial charge in [-0.1, -0.05) is 35.9 Å². The molecule has 1 N–H and O–H groups in total. The molecule has 18 heavy (non-hydrogen) atoms. The van der Waals surface area contributed by atoms with Gasteiger partial charge in [-0.05, 0) is 36.4 Å². The van der Waals surface area contributed by atoms with Gasteiger partial charge in [0.25, 0.3) is 0 Å². The summed E-state index contributed by atoms with van der Waals surface area (Å²) in [6.07, 6.45) is 0. The molecule has 0 aliphatic rings. The number of nitrogens with one attached hydrogen (secondary N) is 1. The van der Waals surface area contributed by atoms with E-state index in [1.165, 1.54) is 18.2 Å². The highest BCUT2D eigenvalue weighted by atomic mass is 35.5. The quantitative estimate of drug-likeness (QED) is 0.889. The van der Waals surface area contributed by atoms with Crippen LogP contribution in [0.1, 0.15) is 17.2 Å². The van der Waals surface area contributed by atoms with Crippen LogP contribution in [0, 0.1) is 11.6 Å². The molecule has 0 heterocycles. The second-order valence-electron chi connectivity index (χ2n) is 3.92. The lowest BCUT2D eigenvalue weighted by Crippen LogP contribution is -2.18. The van der Waals surface area contributed by atoms with Crippen LogP contribution in [-0.2, 0) is 0 Å². The molecule has 4 heteroatoms. The van der Waals surface area contributed by atoms with E-state index in [-0.39, 0.29) is 16.9 Å². The normalized spacial score (nSPS) is 12.4. The minimum Gasteiger partial charge on any atom is -0.309 e. The molecular weight excluding hydrogens is 256 g/mol. The molecule has 0 aliphatic carbocycles. The maximum Gasteiger partial charge on any atom is 0.142 e. The van der Waals surface area contributed by atoms with Gasteiger partial charge in [0.2, 0.25) is 0 Å². The Morgan fingerprint density at radius 2 is 1.72 bits per heavy atom. The molecule has 0 amide bonds. The summed E-state index contributed by atoms with van der Waals surface area (Å²) in [5.74, 6) is -0.768. The van der Waals surface area contributed by atoms with Crippen LogP contribution in [0.15, 0.2) is 42.5 Å². The van der Waals surface area contributed by atoms with E-state index in [4.69, 9.17) is 11.6 Å². The van der Waals surface area contributed by atoms with Crippen LogP contribution in [0.5, 0.6) is 0 Å². The van der Waals surface area contributed by atoms with Crippen LogP contribution in [0.2, 0.25) is 5.02 Å². The van der Waals surface area contributed by atoms with Gasteiger partial charge in [-0.15, -0.1) is 0 Å². The van der Waals surface area contributed by atoms with Gasteiger partial charge in [0.15, 0.2) is 0 Å². The van der Waals surface area contributed by atoms with E-state index in [0.29, 0.717) is 5.56 Å². The number of halogens is 3. The summed E-state index contributed by atoms with van der Waals surface area (Å²) in [4.78, 5) is 0. The Balaban J connectivity index is 2.45. The molecule has 2 rings (SSSR count). The smallest absolute Gasteiger partial charge is 0.142 e. The second-order valence-corrected chi connectivity index (χ2v) is 4.29. The van der Waals surface area contributed by atoms with Crippen LogP contribution in [0.25, 0.3) is 0 Å². The Morgan fingerprint density at radius 3 is 2.33 bits per heavy atom. The summed E-state index contributed by atoms with van der Waals surface area (Å²) in [6, 6.07) is 10.4. The Labute approximate surface area is 109 Å². The highest BCUT2D eigenvalue weighted by molar-refractivity contribution is 6.31. The van der Waals surface area contributed by atoms with Crippen molar-refractivity contribution in [3.63, 3.8) is 0 Å². The van der Waals surface area contributed by atoms with Crippen molar-refractivity contribution in [3.05, 3.63) is 70.2 Å². The molecule has 0 spiro atoms. The van der Waals surface area contributed by atoms with Crippen molar-refractivity contribution in [2.45, 2.75) is 6.04 Å². The minimum atomic E-state index is -0.462. The van der Waals surface area contributed by atoms with Crippen molar-refractivity contribution in [3.8, 4) is 0 Å². The topological polar surface area (TPSA) is 12.0 Å². The first-order valence-electron chi connectivity index (χ1n) is 5.50. The second kappa shape index (κ2) is 5.46. The highest BCUT2D eigenvalue weighted by Crippen LogP contribution is 2.29. The van der Waals surface area contributed by atoms with E-state index in [0.717, 1.165) is 5.56 Å². The Bertz CT molecular complexity index is 540. The molecule has 0 saturated heterocycles. The van der Waals surface area contributed by atoms with Crippen molar-refractivity contribution in [2.75, 3.05) is 7.05 Å². The van der Waals surface area contributed by atoms with Crippen LogP contribution >= 0.6 is 11.6 Å². The van der Waals surface area contributed by atoms with Gasteiger partial charge in [-0.25, -0.2) is 8.78 Å². The minimum absolute atomic E-state index is 0.0844. The zero-order valence-corrected chi connectivity index (χ0v) is 10.5. The molecule has 0 fully saturated rings. The first-order valence-corrected chi connectivity index (χ1v) is 5.88. The van der Waals surface area contributed by atoms with Crippen LogP contribution in [0.4, 0.5) is 8.78 Å². The Kier molecular flexibility index (Phi) is 3.94. The SMILES string of the molecule is CNC(c1ccc(F)cc1)c1cccc(F)c1Cl. The zero-order valence-electron chi connectivity index (χ0n) is 9.75. The molecule has 1 unspecified atom stereocenters. The fourth-order valence-corrected chi connectivity index (χ4v) is 2.14. The van der Waals surface area contributed by atoms with Gasteiger partial charge < -0.3 is 5.32 Å². The van der Waals surface area contributed by atoms with Crippen LogP contribution in [0.3, 0.4) is 0 Å².